The predicted molar refractivity (Wildman–Crippen MR) is 102 cm³/mol. The van der Waals surface area contributed by atoms with Crippen molar-refractivity contribution in [3.8, 4) is 11.3 Å². The van der Waals surface area contributed by atoms with E-state index >= 15 is 0 Å². The number of thiophene rings is 1. The number of nitrogens with zero attached hydrogens (tertiary/aromatic N) is 3. The van der Waals surface area contributed by atoms with Crippen LogP contribution in [0.4, 0.5) is 0 Å². The van der Waals surface area contributed by atoms with Crippen LogP contribution < -0.4 is 5.56 Å². The maximum Gasteiger partial charge on any atom is 0.262 e. The van der Waals surface area contributed by atoms with Crippen LogP contribution in [0.5, 0.6) is 0 Å². The standard InChI is InChI=1S/C19H14ClN3O2S/c20-12-4-1-3-11(7-12)14-8-21-16(25-14)9-23-10-22-18-17(19(23)24)13-5-2-6-15(13)26-18/h1,3-4,7-8,10H,2,5-6,9H2. The molecule has 1 aliphatic rings. The molecule has 1 aromatic carbocycles. The smallest absolute Gasteiger partial charge is 0.262 e. The highest BCUT2D eigenvalue weighted by Gasteiger charge is 2.21. The Hall–Kier alpha value is -2.44. The van der Waals surface area contributed by atoms with E-state index in [2.05, 4.69) is 9.97 Å². The number of rotatable bonds is 3. The summed E-state index contributed by atoms with van der Waals surface area (Å²) >= 11 is 7.67. The maximum absolute atomic E-state index is 12.9. The van der Waals surface area contributed by atoms with Gasteiger partial charge in [0.2, 0.25) is 5.89 Å². The Kier molecular flexibility index (Phi) is 3.69. The summed E-state index contributed by atoms with van der Waals surface area (Å²) in [6, 6.07) is 7.40. The Morgan fingerprint density at radius 2 is 2.19 bits per heavy atom. The molecule has 0 amide bonds. The first-order chi connectivity index (χ1) is 12.7. The van der Waals surface area contributed by atoms with E-state index in [1.165, 1.54) is 10.4 Å². The summed E-state index contributed by atoms with van der Waals surface area (Å²) in [5.41, 5.74) is 2.02. The third kappa shape index (κ3) is 2.57. The van der Waals surface area contributed by atoms with Gasteiger partial charge in [0.1, 0.15) is 11.4 Å². The zero-order valence-electron chi connectivity index (χ0n) is 13.7. The van der Waals surface area contributed by atoms with Crippen molar-refractivity contribution in [3.63, 3.8) is 0 Å². The van der Waals surface area contributed by atoms with Gasteiger partial charge in [0.25, 0.3) is 5.56 Å². The lowest BCUT2D eigenvalue weighted by atomic mass is 10.2. The van der Waals surface area contributed by atoms with Crippen LogP contribution >= 0.6 is 22.9 Å². The van der Waals surface area contributed by atoms with Crippen molar-refractivity contribution in [2.75, 3.05) is 0 Å². The first-order valence-electron chi connectivity index (χ1n) is 8.39. The van der Waals surface area contributed by atoms with Crippen LogP contribution in [0, 0.1) is 0 Å². The summed E-state index contributed by atoms with van der Waals surface area (Å²) in [5.74, 6) is 1.09. The number of oxazole rings is 1. The molecule has 3 aromatic heterocycles. The molecule has 7 heteroatoms. The Balaban J connectivity index is 1.50. The molecule has 0 radical (unpaired) electrons. The summed E-state index contributed by atoms with van der Waals surface area (Å²) in [4.78, 5) is 23.8. The zero-order chi connectivity index (χ0) is 17.7. The number of fused-ring (bicyclic) bond motifs is 3. The number of hydrogen-bond acceptors (Lipinski definition) is 5. The summed E-state index contributed by atoms with van der Waals surface area (Å²) in [6.45, 7) is 0.257. The van der Waals surface area contributed by atoms with Gasteiger partial charge in [-0.3, -0.25) is 9.36 Å². The second kappa shape index (κ2) is 6.07. The van der Waals surface area contributed by atoms with Crippen LogP contribution in [0.25, 0.3) is 21.5 Å². The van der Waals surface area contributed by atoms with Crippen molar-refractivity contribution in [3.05, 3.63) is 68.5 Å². The molecule has 0 unspecified atom stereocenters. The molecule has 0 bridgehead atoms. The van der Waals surface area contributed by atoms with E-state index in [-0.39, 0.29) is 12.1 Å². The molecule has 130 valence electrons. The Morgan fingerprint density at radius 3 is 3.08 bits per heavy atom. The van der Waals surface area contributed by atoms with Crippen molar-refractivity contribution in [2.24, 2.45) is 0 Å². The molecule has 0 fully saturated rings. The van der Waals surface area contributed by atoms with Gasteiger partial charge in [-0.25, -0.2) is 9.97 Å². The minimum atomic E-state index is -0.0168. The normalized spacial score (nSPS) is 13.4. The zero-order valence-corrected chi connectivity index (χ0v) is 15.3. The first-order valence-corrected chi connectivity index (χ1v) is 9.59. The van der Waals surface area contributed by atoms with E-state index in [0.717, 1.165) is 35.0 Å². The highest BCUT2D eigenvalue weighted by molar-refractivity contribution is 7.18. The van der Waals surface area contributed by atoms with E-state index in [1.54, 1.807) is 28.4 Å². The Labute approximate surface area is 157 Å². The van der Waals surface area contributed by atoms with E-state index < -0.39 is 0 Å². The molecule has 0 spiro atoms. The highest BCUT2D eigenvalue weighted by atomic mass is 35.5. The molecule has 4 aromatic rings. The van der Waals surface area contributed by atoms with Crippen molar-refractivity contribution in [1.29, 1.82) is 0 Å². The average molecular weight is 384 g/mol. The van der Waals surface area contributed by atoms with E-state index in [0.29, 0.717) is 16.7 Å². The minimum Gasteiger partial charge on any atom is -0.439 e. The second-order valence-electron chi connectivity index (χ2n) is 6.34. The van der Waals surface area contributed by atoms with Crippen molar-refractivity contribution < 1.29 is 4.42 Å². The van der Waals surface area contributed by atoms with Crippen molar-refractivity contribution in [1.82, 2.24) is 14.5 Å². The lowest BCUT2D eigenvalue weighted by molar-refractivity contribution is 0.484. The second-order valence-corrected chi connectivity index (χ2v) is 7.86. The fraction of sp³-hybridized carbons (Fsp3) is 0.211. The number of halogens is 1. The molecular formula is C19H14ClN3O2S. The quantitative estimate of drug-likeness (QED) is 0.529. The van der Waals surface area contributed by atoms with Gasteiger partial charge < -0.3 is 4.42 Å². The molecule has 5 nitrogen and oxygen atoms in total. The number of aromatic nitrogens is 3. The van der Waals surface area contributed by atoms with Crippen LogP contribution in [0.3, 0.4) is 0 Å². The molecule has 5 rings (SSSR count). The molecule has 26 heavy (non-hydrogen) atoms. The average Bonchev–Trinajstić information content (AvgIpc) is 3.33. The molecule has 0 N–H and O–H groups in total. The predicted octanol–water partition coefficient (Wildman–Crippen LogP) is 4.30. The van der Waals surface area contributed by atoms with E-state index in [9.17, 15) is 4.79 Å². The molecule has 0 saturated carbocycles. The van der Waals surface area contributed by atoms with Gasteiger partial charge in [-0.1, -0.05) is 23.7 Å². The SMILES string of the molecule is O=c1c2c3c(sc2ncn1Cc1ncc(-c2cccc(Cl)c2)o1)CCC3. The van der Waals surface area contributed by atoms with Gasteiger partial charge in [-0.05, 0) is 37.0 Å². The summed E-state index contributed by atoms with van der Waals surface area (Å²) in [7, 11) is 0. The molecular weight excluding hydrogens is 370 g/mol. The Bertz CT molecular complexity index is 1190. The third-order valence-electron chi connectivity index (χ3n) is 4.66. The van der Waals surface area contributed by atoms with Crippen molar-refractivity contribution >= 4 is 33.2 Å². The lowest BCUT2D eigenvalue weighted by Crippen LogP contribution is -2.21. The molecule has 3 heterocycles. The van der Waals surface area contributed by atoms with Crippen LogP contribution in [0.15, 0.2) is 46.0 Å². The monoisotopic (exact) mass is 383 g/mol. The van der Waals surface area contributed by atoms with Gasteiger partial charge in [0.05, 0.1) is 17.9 Å². The fourth-order valence-corrected chi connectivity index (χ4v) is 4.85. The molecule has 0 aliphatic heterocycles. The fourth-order valence-electron chi connectivity index (χ4n) is 3.44. The number of benzene rings is 1. The van der Waals surface area contributed by atoms with Gasteiger partial charge in [-0.2, -0.15) is 0 Å². The first kappa shape index (κ1) is 15.8. The van der Waals surface area contributed by atoms with Crippen LogP contribution in [0.2, 0.25) is 5.02 Å². The van der Waals surface area contributed by atoms with E-state index in [1.807, 2.05) is 24.3 Å². The molecule has 0 saturated heterocycles. The largest absolute Gasteiger partial charge is 0.439 e. The lowest BCUT2D eigenvalue weighted by Gasteiger charge is -2.03. The van der Waals surface area contributed by atoms with Gasteiger partial charge in [0.15, 0.2) is 5.76 Å². The highest BCUT2D eigenvalue weighted by Crippen LogP contribution is 2.34. The number of aryl methyl sites for hydroxylation is 2. The minimum absolute atomic E-state index is 0.0168. The third-order valence-corrected chi connectivity index (χ3v) is 6.10. The topological polar surface area (TPSA) is 60.9 Å². The Morgan fingerprint density at radius 1 is 1.27 bits per heavy atom. The van der Waals surface area contributed by atoms with Crippen LogP contribution in [-0.2, 0) is 19.4 Å². The summed E-state index contributed by atoms with van der Waals surface area (Å²) in [5, 5.41) is 1.41. The summed E-state index contributed by atoms with van der Waals surface area (Å²) in [6.07, 6.45) is 6.38. The molecule has 1 aliphatic carbocycles. The van der Waals surface area contributed by atoms with Crippen LogP contribution in [-0.4, -0.2) is 14.5 Å². The van der Waals surface area contributed by atoms with Gasteiger partial charge in [0, 0.05) is 15.5 Å². The maximum atomic E-state index is 12.9. The van der Waals surface area contributed by atoms with Gasteiger partial charge in [-0.15, -0.1) is 11.3 Å². The number of hydrogen-bond donors (Lipinski definition) is 0. The van der Waals surface area contributed by atoms with Crippen molar-refractivity contribution in [2.45, 2.75) is 25.8 Å². The summed E-state index contributed by atoms with van der Waals surface area (Å²) < 4.78 is 7.39. The van der Waals surface area contributed by atoms with Gasteiger partial charge >= 0.3 is 0 Å². The van der Waals surface area contributed by atoms with E-state index in [4.69, 9.17) is 16.0 Å². The van der Waals surface area contributed by atoms with Crippen LogP contribution in [0.1, 0.15) is 22.8 Å². The molecule has 0 atom stereocenters.